The van der Waals surface area contributed by atoms with E-state index in [0.29, 0.717) is 11.5 Å². The van der Waals surface area contributed by atoms with Crippen molar-refractivity contribution in [3.63, 3.8) is 0 Å². The van der Waals surface area contributed by atoms with Crippen LogP contribution in [0.3, 0.4) is 0 Å². The zero-order chi connectivity index (χ0) is 19.5. The van der Waals surface area contributed by atoms with Crippen molar-refractivity contribution in [2.45, 2.75) is 12.5 Å². The molecule has 1 aliphatic rings. The zero-order valence-corrected chi connectivity index (χ0v) is 16.6. The summed E-state index contributed by atoms with van der Waals surface area (Å²) in [7, 11) is 3.28. The first kappa shape index (κ1) is 18.4. The van der Waals surface area contributed by atoms with E-state index in [-0.39, 0.29) is 6.04 Å². The van der Waals surface area contributed by atoms with Crippen LogP contribution in [0.1, 0.15) is 23.6 Å². The van der Waals surface area contributed by atoms with Crippen LogP contribution in [-0.4, -0.2) is 19.9 Å². The fraction of sp³-hybridized carbons (Fsp3) is 0.174. The second-order valence-corrected chi connectivity index (χ2v) is 7.00. The van der Waals surface area contributed by atoms with E-state index >= 15 is 0 Å². The van der Waals surface area contributed by atoms with Gasteiger partial charge in [0.15, 0.2) is 11.5 Å². The highest BCUT2D eigenvalue weighted by Crippen LogP contribution is 2.38. The third-order valence-corrected chi connectivity index (χ3v) is 5.15. The smallest absolute Gasteiger partial charge is 0.161 e. The molecule has 1 heterocycles. The molecule has 142 valence electrons. The third kappa shape index (κ3) is 3.56. The molecule has 0 aliphatic carbocycles. The van der Waals surface area contributed by atoms with Gasteiger partial charge in [-0.25, -0.2) is 0 Å². The van der Waals surface area contributed by atoms with Crippen molar-refractivity contribution in [1.82, 2.24) is 0 Å². The molecule has 0 amide bonds. The lowest BCUT2D eigenvalue weighted by molar-refractivity contribution is 0.355. The number of hydrogen-bond donors (Lipinski definition) is 0. The molecule has 0 saturated carbocycles. The maximum Gasteiger partial charge on any atom is 0.161 e. The van der Waals surface area contributed by atoms with Gasteiger partial charge < -0.3 is 9.47 Å². The maximum absolute atomic E-state index is 6.09. The van der Waals surface area contributed by atoms with Crippen molar-refractivity contribution in [2.24, 2.45) is 5.10 Å². The van der Waals surface area contributed by atoms with E-state index in [0.717, 1.165) is 28.4 Å². The highest BCUT2D eigenvalue weighted by Gasteiger charge is 2.30. The van der Waals surface area contributed by atoms with Gasteiger partial charge in [-0.2, -0.15) is 5.10 Å². The molecule has 0 N–H and O–H groups in total. The Morgan fingerprint density at radius 3 is 2.29 bits per heavy atom. The van der Waals surface area contributed by atoms with Crippen LogP contribution in [0.25, 0.3) is 0 Å². The average molecular weight is 393 g/mol. The Bertz CT molecular complexity index is 987. The number of para-hydroxylation sites is 1. The standard InChI is InChI=1S/C23H21ClN2O2/c1-27-22-13-10-17(14-23(22)28-2)20-15-21(16-8-11-18(24)12-9-16)26(25-20)19-6-4-3-5-7-19/h3-14,21H,15H2,1-2H3. The molecule has 28 heavy (non-hydrogen) atoms. The Morgan fingerprint density at radius 1 is 0.893 bits per heavy atom. The summed E-state index contributed by atoms with van der Waals surface area (Å²) in [6.07, 6.45) is 0.784. The van der Waals surface area contributed by atoms with Crippen molar-refractivity contribution < 1.29 is 9.47 Å². The van der Waals surface area contributed by atoms with Crippen LogP contribution in [0.2, 0.25) is 5.02 Å². The van der Waals surface area contributed by atoms with E-state index in [2.05, 4.69) is 29.3 Å². The first-order valence-corrected chi connectivity index (χ1v) is 9.47. The first-order chi connectivity index (χ1) is 13.7. The fourth-order valence-electron chi connectivity index (χ4n) is 3.46. The Labute approximate surface area is 170 Å². The van der Waals surface area contributed by atoms with Crippen LogP contribution >= 0.6 is 11.6 Å². The molecule has 0 spiro atoms. The van der Waals surface area contributed by atoms with Gasteiger partial charge in [0.2, 0.25) is 0 Å². The van der Waals surface area contributed by atoms with Crippen LogP contribution in [0.15, 0.2) is 77.9 Å². The molecule has 4 nitrogen and oxygen atoms in total. The number of hydrazone groups is 1. The largest absolute Gasteiger partial charge is 0.493 e. The molecule has 1 unspecified atom stereocenters. The molecule has 1 atom stereocenters. The average Bonchev–Trinajstić information content (AvgIpc) is 3.20. The molecule has 0 fully saturated rings. The summed E-state index contributed by atoms with van der Waals surface area (Å²) in [5.74, 6) is 1.41. The molecular formula is C23H21ClN2O2. The number of anilines is 1. The van der Waals surface area contributed by atoms with E-state index < -0.39 is 0 Å². The van der Waals surface area contributed by atoms with Gasteiger partial charge in [0.1, 0.15) is 0 Å². The topological polar surface area (TPSA) is 34.1 Å². The second-order valence-electron chi connectivity index (χ2n) is 6.57. The van der Waals surface area contributed by atoms with Crippen LogP contribution in [0, 0.1) is 0 Å². The van der Waals surface area contributed by atoms with Gasteiger partial charge in [0, 0.05) is 17.0 Å². The van der Waals surface area contributed by atoms with Gasteiger partial charge in [-0.1, -0.05) is 41.9 Å². The van der Waals surface area contributed by atoms with Gasteiger partial charge in [0.05, 0.1) is 31.7 Å². The monoisotopic (exact) mass is 392 g/mol. The predicted molar refractivity (Wildman–Crippen MR) is 114 cm³/mol. The lowest BCUT2D eigenvalue weighted by atomic mass is 9.98. The van der Waals surface area contributed by atoms with Gasteiger partial charge in [0.25, 0.3) is 0 Å². The van der Waals surface area contributed by atoms with E-state index in [9.17, 15) is 0 Å². The maximum atomic E-state index is 6.09. The minimum atomic E-state index is 0.0998. The predicted octanol–water partition coefficient (Wildman–Crippen LogP) is 5.71. The van der Waals surface area contributed by atoms with Crippen LogP contribution < -0.4 is 14.5 Å². The summed E-state index contributed by atoms with van der Waals surface area (Å²) in [5, 5.41) is 7.77. The molecule has 3 aromatic carbocycles. The summed E-state index contributed by atoms with van der Waals surface area (Å²) in [6.45, 7) is 0. The number of ether oxygens (including phenoxy) is 2. The summed E-state index contributed by atoms with van der Waals surface area (Å²) in [6, 6.07) is 24.2. The molecule has 0 aromatic heterocycles. The molecule has 3 aromatic rings. The lowest BCUT2D eigenvalue weighted by Crippen LogP contribution is -2.18. The normalized spacial score (nSPS) is 16.0. The van der Waals surface area contributed by atoms with Crippen LogP contribution in [0.4, 0.5) is 5.69 Å². The zero-order valence-electron chi connectivity index (χ0n) is 15.8. The summed E-state index contributed by atoms with van der Waals surface area (Å²) in [5.41, 5.74) is 4.25. The van der Waals surface area contributed by atoms with E-state index in [1.165, 1.54) is 5.56 Å². The van der Waals surface area contributed by atoms with Gasteiger partial charge in [-0.05, 0) is 48.0 Å². The quantitative estimate of drug-likeness (QED) is 0.557. The summed E-state index contributed by atoms with van der Waals surface area (Å²) >= 11 is 6.09. The number of nitrogens with zero attached hydrogens (tertiary/aromatic N) is 2. The SMILES string of the molecule is COc1ccc(C2=NN(c3ccccc3)C(c3ccc(Cl)cc3)C2)cc1OC. The van der Waals surface area contributed by atoms with E-state index in [1.807, 2.05) is 48.5 Å². The fourth-order valence-corrected chi connectivity index (χ4v) is 3.59. The van der Waals surface area contributed by atoms with Crippen molar-refractivity contribution in [2.75, 3.05) is 19.2 Å². The van der Waals surface area contributed by atoms with Crippen LogP contribution in [0.5, 0.6) is 11.5 Å². The lowest BCUT2D eigenvalue weighted by Gasteiger charge is -2.24. The van der Waals surface area contributed by atoms with Crippen molar-refractivity contribution in [3.8, 4) is 11.5 Å². The van der Waals surface area contributed by atoms with Crippen LogP contribution in [-0.2, 0) is 0 Å². The molecule has 0 saturated heterocycles. The van der Waals surface area contributed by atoms with Crippen molar-refractivity contribution in [3.05, 3.63) is 88.9 Å². The van der Waals surface area contributed by atoms with E-state index in [1.54, 1.807) is 14.2 Å². The number of hydrogen-bond acceptors (Lipinski definition) is 4. The van der Waals surface area contributed by atoms with Crippen molar-refractivity contribution >= 4 is 23.0 Å². The number of methoxy groups -OCH3 is 2. The number of halogens is 1. The highest BCUT2D eigenvalue weighted by molar-refractivity contribution is 6.30. The summed E-state index contributed by atoms with van der Waals surface area (Å²) in [4.78, 5) is 0. The first-order valence-electron chi connectivity index (χ1n) is 9.09. The Kier molecular flexibility index (Phi) is 5.22. The molecule has 5 heteroatoms. The molecule has 4 rings (SSSR count). The Balaban J connectivity index is 1.74. The number of benzene rings is 3. The molecular weight excluding hydrogens is 372 g/mol. The minimum absolute atomic E-state index is 0.0998. The Morgan fingerprint density at radius 2 is 1.61 bits per heavy atom. The Hall–Kier alpha value is -2.98. The minimum Gasteiger partial charge on any atom is -0.493 e. The number of rotatable bonds is 5. The second kappa shape index (κ2) is 7.95. The molecule has 1 aliphatic heterocycles. The van der Waals surface area contributed by atoms with Gasteiger partial charge >= 0.3 is 0 Å². The van der Waals surface area contributed by atoms with E-state index in [4.69, 9.17) is 26.2 Å². The third-order valence-electron chi connectivity index (χ3n) is 4.90. The van der Waals surface area contributed by atoms with Gasteiger partial charge in [-0.15, -0.1) is 0 Å². The van der Waals surface area contributed by atoms with Crippen molar-refractivity contribution in [1.29, 1.82) is 0 Å². The van der Waals surface area contributed by atoms with Gasteiger partial charge in [-0.3, -0.25) is 5.01 Å². The molecule has 0 bridgehead atoms. The summed E-state index contributed by atoms with van der Waals surface area (Å²) < 4.78 is 10.8. The molecule has 0 radical (unpaired) electrons. The highest BCUT2D eigenvalue weighted by atomic mass is 35.5.